The molecule has 0 atom stereocenters. The Hall–Kier alpha value is -2.90. The van der Waals surface area contributed by atoms with Gasteiger partial charge < -0.3 is 10.1 Å². The number of imide groups is 2. The molecule has 1 N–H and O–H groups in total. The number of nitrogens with one attached hydrogen (secondary N) is 1. The van der Waals surface area contributed by atoms with Gasteiger partial charge in [0.25, 0.3) is 0 Å². The van der Waals surface area contributed by atoms with Gasteiger partial charge in [0, 0.05) is 17.8 Å². The second kappa shape index (κ2) is 6.92. The summed E-state index contributed by atoms with van der Waals surface area (Å²) in [6.45, 7) is -0.496. The lowest BCUT2D eigenvalue weighted by atomic mass is 10.2. The number of nitrogens with zero attached hydrogens (tertiary/aromatic N) is 2. The Kier molecular flexibility index (Phi) is 4.69. The van der Waals surface area contributed by atoms with Gasteiger partial charge in [-0.05, 0) is 25.0 Å². The highest BCUT2D eigenvalue weighted by Gasteiger charge is 2.48. The van der Waals surface area contributed by atoms with Gasteiger partial charge in [-0.15, -0.1) is 0 Å². The standard InChI is InChI=1S/C17H19N3O5/c1-25-13-8-4-5-11(9-13)18-14(21)10-19-15(22)16(23)20(17(19)24)12-6-2-3-7-12/h4-5,8-9,12H,2-3,6-7,10H2,1H3,(H,18,21). The smallest absolute Gasteiger partial charge is 0.334 e. The van der Waals surface area contributed by atoms with Crippen LogP contribution in [0.25, 0.3) is 0 Å². The molecule has 1 saturated heterocycles. The van der Waals surface area contributed by atoms with Crippen molar-refractivity contribution in [2.75, 3.05) is 19.0 Å². The molecule has 0 unspecified atom stereocenters. The molecule has 1 aliphatic heterocycles. The van der Waals surface area contributed by atoms with E-state index in [4.69, 9.17) is 4.74 Å². The molecule has 1 saturated carbocycles. The molecular formula is C17H19N3O5. The fraction of sp³-hybridized carbons (Fsp3) is 0.412. The number of urea groups is 1. The minimum atomic E-state index is -0.947. The third kappa shape index (κ3) is 3.33. The van der Waals surface area contributed by atoms with Gasteiger partial charge in [0.05, 0.1) is 7.11 Å². The maximum absolute atomic E-state index is 12.4. The monoisotopic (exact) mass is 345 g/mol. The van der Waals surface area contributed by atoms with Gasteiger partial charge in [0.2, 0.25) is 5.91 Å². The van der Waals surface area contributed by atoms with E-state index in [1.807, 2.05) is 0 Å². The number of amides is 5. The maximum Gasteiger partial charge on any atom is 0.334 e. The molecule has 0 radical (unpaired) electrons. The van der Waals surface area contributed by atoms with Crippen molar-refractivity contribution in [3.8, 4) is 5.75 Å². The zero-order valence-corrected chi connectivity index (χ0v) is 13.9. The summed E-state index contributed by atoms with van der Waals surface area (Å²) in [4.78, 5) is 50.5. The topological polar surface area (TPSA) is 96.0 Å². The van der Waals surface area contributed by atoms with Crippen LogP contribution >= 0.6 is 0 Å². The highest BCUT2D eigenvalue weighted by Crippen LogP contribution is 2.27. The van der Waals surface area contributed by atoms with Gasteiger partial charge in [-0.2, -0.15) is 0 Å². The summed E-state index contributed by atoms with van der Waals surface area (Å²) in [6, 6.07) is 5.75. The first-order chi connectivity index (χ1) is 12.0. The predicted octanol–water partition coefficient (Wildman–Crippen LogP) is 1.37. The first-order valence-electron chi connectivity index (χ1n) is 8.14. The lowest BCUT2D eigenvalue weighted by Crippen LogP contribution is -2.41. The van der Waals surface area contributed by atoms with Gasteiger partial charge in [-0.25, -0.2) is 9.69 Å². The Labute approximate surface area is 144 Å². The van der Waals surface area contributed by atoms with Crippen LogP contribution in [0.3, 0.4) is 0 Å². The zero-order chi connectivity index (χ0) is 18.0. The molecule has 0 aromatic heterocycles. The van der Waals surface area contributed by atoms with Crippen LogP contribution in [-0.4, -0.2) is 53.2 Å². The summed E-state index contributed by atoms with van der Waals surface area (Å²) < 4.78 is 5.07. The molecule has 25 heavy (non-hydrogen) atoms. The van der Waals surface area contributed by atoms with Gasteiger partial charge >= 0.3 is 17.8 Å². The predicted molar refractivity (Wildman–Crippen MR) is 87.8 cm³/mol. The number of hydrogen-bond acceptors (Lipinski definition) is 5. The number of ether oxygens (including phenoxy) is 1. The lowest BCUT2D eigenvalue weighted by molar-refractivity contribution is -0.144. The average Bonchev–Trinajstić information content (AvgIpc) is 3.19. The molecule has 132 valence electrons. The first-order valence-corrected chi connectivity index (χ1v) is 8.14. The van der Waals surface area contributed by atoms with E-state index >= 15 is 0 Å². The zero-order valence-electron chi connectivity index (χ0n) is 13.9. The van der Waals surface area contributed by atoms with Crippen molar-refractivity contribution in [3.63, 3.8) is 0 Å². The van der Waals surface area contributed by atoms with E-state index in [0.717, 1.165) is 17.7 Å². The summed E-state index contributed by atoms with van der Waals surface area (Å²) in [5.41, 5.74) is 0.474. The quantitative estimate of drug-likeness (QED) is 0.642. The summed E-state index contributed by atoms with van der Waals surface area (Å²) in [5, 5.41) is 2.59. The van der Waals surface area contributed by atoms with E-state index in [1.165, 1.54) is 7.11 Å². The summed E-state index contributed by atoms with van der Waals surface area (Å²) in [6.07, 6.45) is 3.25. The maximum atomic E-state index is 12.4. The van der Waals surface area contributed by atoms with E-state index < -0.39 is 30.3 Å². The summed E-state index contributed by atoms with van der Waals surface area (Å²) >= 11 is 0. The normalized spacial score (nSPS) is 18.2. The fourth-order valence-electron chi connectivity index (χ4n) is 3.19. The van der Waals surface area contributed by atoms with Crippen LogP contribution in [0.5, 0.6) is 5.75 Å². The number of anilines is 1. The largest absolute Gasteiger partial charge is 0.497 e. The highest BCUT2D eigenvalue weighted by molar-refractivity contribution is 6.45. The van der Waals surface area contributed by atoms with E-state index in [2.05, 4.69) is 5.32 Å². The number of rotatable bonds is 5. The Morgan fingerprint density at radius 2 is 1.92 bits per heavy atom. The Morgan fingerprint density at radius 3 is 2.60 bits per heavy atom. The molecule has 0 bridgehead atoms. The van der Waals surface area contributed by atoms with E-state index in [-0.39, 0.29) is 6.04 Å². The van der Waals surface area contributed by atoms with Gasteiger partial charge in [-0.1, -0.05) is 18.9 Å². The number of hydrogen-bond donors (Lipinski definition) is 1. The third-order valence-corrected chi connectivity index (χ3v) is 4.43. The molecule has 1 aliphatic carbocycles. The van der Waals surface area contributed by atoms with Gasteiger partial charge in [0.15, 0.2) is 0 Å². The minimum absolute atomic E-state index is 0.240. The molecule has 1 aromatic carbocycles. The summed E-state index contributed by atoms with van der Waals surface area (Å²) in [7, 11) is 1.51. The third-order valence-electron chi connectivity index (χ3n) is 4.43. The molecule has 2 aliphatic rings. The summed E-state index contributed by atoms with van der Waals surface area (Å²) in [5.74, 6) is -1.78. The van der Waals surface area contributed by atoms with Crippen molar-refractivity contribution in [2.24, 2.45) is 0 Å². The molecule has 1 aromatic rings. The van der Waals surface area contributed by atoms with Crippen molar-refractivity contribution in [3.05, 3.63) is 24.3 Å². The van der Waals surface area contributed by atoms with Crippen LogP contribution in [0.15, 0.2) is 24.3 Å². The SMILES string of the molecule is COc1cccc(NC(=O)CN2C(=O)C(=O)N(C3CCCC3)C2=O)c1. The minimum Gasteiger partial charge on any atom is -0.497 e. The van der Waals surface area contributed by atoms with Crippen LogP contribution in [0.4, 0.5) is 10.5 Å². The molecule has 8 heteroatoms. The highest BCUT2D eigenvalue weighted by atomic mass is 16.5. The van der Waals surface area contributed by atoms with E-state index in [9.17, 15) is 19.2 Å². The second-order valence-electron chi connectivity index (χ2n) is 6.07. The molecule has 5 amide bonds. The molecule has 0 spiro atoms. The number of carbonyl (C=O) groups excluding carboxylic acids is 4. The molecule has 2 fully saturated rings. The van der Waals surface area contributed by atoms with Crippen LogP contribution in [0.1, 0.15) is 25.7 Å². The van der Waals surface area contributed by atoms with Crippen molar-refractivity contribution in [2.45, 2.75) is 31.7 Å². The molecule has 8 nitrogen and oxygen atoms in total. The number of benzene rings is 1. The van der Waals surface area contributed by atoms with Crippen LogP contribution in [0.2, 0.25) is 0 Å². The lowest BCUT2D eigenvalue weighted by Gasteiger charge is -2.20. The van der Waals surface area contributed by atoms with Gasteiger partial charge in [0.1, 0.15) is 12.3 Å². The number of carbonyl (C=O) groups is 4. The van der Waals surface area contributed by atoms with Crippen LogP contribution in [-0.2, 0) is 14.4 Å². The Balaban J connectivity index is 1.67. The molecule has 1 heterocycles. The van der Waals surface area contributed by atoms with Gasteiger partial charge in [-0.3, -0.25) is 19.3 Å². The molecular weight excluding hydrogens is 326 g/mol. The van der Waals surface area contributed by atoms with Crippen molar-refractivity contribution < 1.29 is 23.9 Å². The Bertz CT molecular complexity index is 727. The van der Waals surface area contributed by atoms with Crippen LogP contribution in [0, 0.1) is 0 Å². The average molecular weight is 345 g/mol. The van der Waals surface area contributed by atoms with Crippen molar-refractivity contribution >= 4 is 29.4 Å². The van der Waals surface area contributed by atoms with Crippen molar-refractivity contribution in [1.29, 1.82) is 0 Å². The molecule has 3 rings (SSSR count). The number of methoxy groups -OCH3 is 1. The second-order valence-corrected chi connectivity index (χ2v) is 6.07. The van der Waals surface area contributed by atoms with Crippen LogP contribution < -0.4 is 10.1 Å². The first kappa shape index (κ1) is 16.9. The Morgan fingerprint density at radius 1 is 1.20 bits per heavy atom. The van der Waals surface area contributed by atoms with E-state index in [0.29, 0.717) is 29.2 Å². The van der Waals surface area contributed by atoms with Crippen molar-refractivity contribution in [1.82, 2.24) is 9.80 Å². The fourth-order valence-corrected chi connectivity index (χ4v) is 3.19. The van der Waals surface area contributed by atoms with E-state index in [1.54, 1.807) is 24.3 Å².